The van der Waals surface area contributed by atoms with E-state index >= 15 is 0 Å². The van der Waals surface area contributed by atoms with Crippen LogP contribution in [0.5, 0.6) is 0 Å². The van der Waals surface area contributed by atoms with Crippen LogP contribution in [0.15, 0.2) is 0 Å². The van der Waals surface area contributed by atoms with E-state index in [4.69, 9.17) is 4.74 Å². The maximum atomic E-state index is 12.2. The molecule has 0 saturated carbocycles. The minimum absolute atomic E-state index is 0.0996. The molecule has 0 aliphatic carbocycles. The smallest absolute Gasteiger partial charge is 0.410 e. The standard InChI is InChI=1S/C16H28N2O4.C2H6/c1-15(2,3)22-14(21)17-8-6-11(7-9-17)18-10-16(4,5)12(19)13(18)20;1-2/h11-12,19H,6-10H2,1-5H3;1-2H3. The Bertz CT molecular complexity index is 448. The molecule has 0 aromatic carbocycles. The molecule has 1 N–H and O–H groups in total. The first-order valence-corrected chi connectivity index (χ1v) is 8.98. The van der Waals surface area contributed by atoms with Crippen LogP contribution < -0.4 is 0 Å². The molecule has 2 aliphatic heterocycles. The molecule has 2 rings (SSSR count). The van der Waals surface area contributed by atoms with Gasteiger partial charge < -0.3 is 19.6 Å². The Morgan fingerprint density at radius 1 is 1.21 bits per heavy atom. The molecule has 0 spiro atoms. The molecule has 1 unspecified atom stereocenters. The molecule has 6 nitrogen and oxygen atoms in total. The summed E-state index contributed by atoms with van der Waals surface area (Å²) in [6.07, 6.45) is 0.247. The Balaban J connectivity index is 0.00000139. The maximum Gasteiger partial charge on any atom is 0.410 e. The second-order valence-electron chi connectivity index (χ2n) is 8.06. The Hall–Kier alpha value is -1.30. The van der Waals surface area contributed by atoms with Gasteiger partial charge in [0.2, 0.25) is 0 Å². The van der Waals surface area contributed by atoms with Crippen LogP contribution in [0.3, 0.4) is 0 Å². The van der Waals surface area contributed by atoms with Gasteiger partial charge in [0.15, 0.2) is 0 Å². The molecule has 0 radical (unpaired) electrons. The van der Waals surface area contributed by atoms with E-state index in [-0.39, 0.29) is 18.0 Å². The Kier molecular flexibility index (Phi) is 6.67. The molecule has 140 valence electrons. The molecule has 0 aromatic rings. The maximum absolute atomic E-state index is 12.2. The van der Waals surface area contributed by atoms with Gasteiger partial charge in [0.05, 0.1) is 0 Å². The summed E-state index contributed by atoms with van der Waals surface area (Å²) in [7, 11) is 0. The predicted octanol–water partition coefficient (Wildman–Crippen LogP) is 2.64. The van der Waals surface area contributed by atoms with Crippen LogP contribution >= 0.6 is 0 Å². The third kappa shape index (κ3) is 4.85. The van der Waals surface area contributed by atoms with Gasteiger partial charge in [0.25, 0.3) is 5.91 Å². The topological polar surface area (TPSA) is 70.1 Å². The molecule has 24 heavy (non-hydrogen) atoms. The number of carbonyl (C=O) groups is 2. The van der Waals surface area contributed by atoms with E-state index in [0.29, 0.717) is 19.6 Å². The van der Waals surface area contributed by atoms with E-state index in [0.717, 1.165) is 12.8 Å². The second kappa shape index (κ2) is 7.72. The fraction of sp³-hybridized carbons (Fsp3) is 0.889. The lowest BCUT2D eigenvalue weighted by molar-refractivity contribution is -0.138. The highest BCUT2D eigenvalue weighted by Crippen LogP contribution is 2.34. The average molecular weight is 342 g/mol. The molecular formula is C18H34N2O4. The van der Waals surface area contributed by atoms with Gasteiger partial charge in [-0.2, -0.15) is 0 Å². The molecule has 6 heteroatoms. The second-order valence-corrected chi connectivity index (χ2v) is 8.06. The highest BCUT2D eigenvalue weighted by atomic mass is 16.6. The first-order valence-electron chi connectivity index (χ1n) is 8.98. The number of ether oxygens (including phenoxy) is 1. The van der Waals surface area contributed by atoms with Crippen LogP contribution in [0.25, 0.3) is 0 Å². The summed E-state index contributed by atoms with van der Waals surface area (Å²) in [4.78, 5) is 27.7. The number of aliphatic hydroxyl groups is 1. The molecule has 2 aliphatic rings. The SMILES string of the molecule is CC.CC(C)(C)OC(=O)N1CCC(N2CC(C)(C)C(O)C2=O)CC1. The summed E-state index contributed by atoms with van der Waals surface area (Å²) in [6.45, 7) is 15.1. The van der Waals surface area contributed by atoms with Crippen molar-refractivity contribution < 1.29 is 19.4 Å². The number of piperidine rings is 1. The van der Waals surface area contributed by atoms with Gasteiger partial charge >= 0.3 is 6.09 Å². The van der Waals surface area contributed by atoms with Gasteiger partial charge in [-0.1, -0.05) is 27.7 Å². The quantitative estimate of drug-likeness (QED) is 0.795. The van der Waals surface area contributed by atoms with Crippen LogP contribution in [0.4, 0.5) is 4.79 Å². The monoisotopic (exact) mass is 342 g/mol. The Morgan fingerprint density at radius 2 is 1.71 bits per heavy atom. The number of likely N-dealkylation sites (tertiary alicyclic amines) is 2. The van der Waals surface area contributed by atoms with Crippen LogP contribution in [0.2, 0.25) is 0 Å². The minimum Gasteiger partial charge on any atom is -0.444 e. The van der Waals surface area contributed by atoms with Crippen LogP contribution in [-0.2, 0) is 9.53 Å². The number of carbonyl (C=O) groups excluding carboxylic acids is 2. The number of rotatable bonds is 1. The van der Waals surface area contributed by atoms with E-state index in [1.54, 1.807) is 9.80 Å². The number of hydrogen-bond acceptors (Lipinski definition) is 4. The van der Waals surface area contributed by atoms with Gasteiger partial charge in [0, 0.05) is 31.1 Å². The zero-order chi connectivity index (χ0) is 18.7. The Labute approximate surface area is 146 Å². The summed E-state index contributed by atoms with van der Waals surface area (Å²) in [5, 5.41) is 10.0. The lowest BCUT2D eigenvalue weighted by Crippen LogP contribution is -2.49. The fourth-order valence-electron chi connectivity index (χ4n) is 3.09. The van der Waals surface area contributed by atoms with E-state index in [1.165, 1.54) is 0 Å². The van der Waals surface area contributed by atoms with Crippen LogP contribution in [0.1, 0.15) is 61.3 Å². The van der Waals surface area contributed by atoms with E-state index < -0.39 is 17.1 Å². The fourth-order valence-corrected chi connectivity index (χ4v) is 3.09. The molecule has 2 fully saturated rings. The van der Waals surface area contributed by atoms with Crippen molar-refractivity contribution >= 4 is 12.0 Å². The minimum atomic E-state index is -0.920. The zero-order valence-electron chi connectivity index (χ0n) is 16.3. The predicted molar refractivity (Wildman–Crippen MR) is 93.7 cm³/mol. The molecule has 0 bridgehead atoms. The van der Waals surface area contributed by atoms with Crippen molar-refractivity contribution in [2.45, 2.75) is 79.1 Å². The molecule has 0 aromatic heterocycles. The van der Waals surface area contributed by atoms with Crippen LogP contribution in [-0.4, -0.2) is 64.3 Å². The molecule has 2 saturated heterocycles. The van der Waals surface area contributed by atoms with Crippen molar-refractivity contribution in [2.24, 2.45) is 5.41 Å². The van der Waals surface area contributed by atoms with Gasteiger partial charge in [-0.15, -0.1) is 0 Å². The summed E-state index contributed by atoms with van der Waals surface area (Å²) in [5.41, 5.74) is -0.896. The zero-order valence-corrected chi connectivity index (χ0v) is 16.3. The lowest BCUT2D eigenvalue weighted by Gasteiger charge is -2.37. The van der Waals surface area contributed by atoms with Crippen LogP contribution in [0, 0.1) is 5.41 Å². The number of hydrogen-bond donors (Lipinski definition) is 1. The summed E-state index contributed by atoms with van der Waals surface area (Å²) < 4.78 is 5.38. The molecule has 1 atom stereocenters. The van der Waals surface area contributed by atoms with Gasteiger partial charge in [-0.25, -0.2) is 4.79 Å². The van der Waals surface area contributed by atoms with Crippen molar-refractivity contribution in [3.8, 4) is 0 Å². The first-order chi connectivity index (χ1) is 11.0. The van der Waals surface area contributed by atoms with Gasteiger partial charge in [-0.05, 0) is 33.6 Å². The lowest BCUT2D eigenvalue weighted by atomic mass is 9.90. The van der Waals surface area contributed by atoms with Crippen molar-refractivity contribution in [1.29, 1.82) is 0 Å². The Morgan fingerprint density at radius 3 is 2.08 bits per heavy atom. The van der Waals surface area contributed by atoms with Gasteiger partial charge in [0.1, 0.15) is 11.7 Å². The van der Waals surface area contributed by atoms with Crippen molar-refractivity contribution in [2.75, 3.05) is 19.6 Å². The normalized spacial score (nSPS) is 24.5. The van der Waals surface area contributed by atoms with E-state index in [2.05, 4.69) is 0 Å². The number of aliphatic hydroxyl groups excluding tert-OH is 1. The van der Waals surface area contributed by atoms with Crippen molar-refractivity contribution in [1.82, 2.24) is 9.80 Å². The molecule has 2 amide bonds. The molecule has 2 heterocycles. The molecular weight excluding hydrogens is 308 g/mol. The first kappa shape index (κ1) is 20.7. The largest absolute Gasteiger partial charge is 0.444 e. The van der Waals surface area contributed by atoms with Crippen molar-refractivity contribution in [3.05, 3.63) is 0 Å². The highest BCUT2D eigenvalue weighted by Gasteiger charge is 2.47. The third-order valence-electron chi connectivity index (χ3n) is 4.39. The van der Waals surface area contributed by atoms with Gasteiger partial charge in [-0.3, -0.25) is 4.79 Å². The van der Waals surface area contributed by atoms with E-state index in [1.807, 2.05) is 48.5 Å². The average Bonchev–Trinajstić information content (AvgIpc) is 2.71. The number of nitrogens with zero attached hydrogens (tertiary/aromatic N) is 2. The highest BCUT2D eigenvalue weighted by molar-refractivity contribution is 5.84. The third-order valence-corrected chi connectivity index (χ3v) is 4.39. The number of amides is 2. The summed E-state index contributed by atoms with van der Waals surface area (Å²) in [5.74, 6) is -0.180. The van der Waals surface area contributed by atoms with E-state index in [9.17, 15) is 14.7 Å². The van der Waals surface area contributed by atoms with Crippen molar-refractivity contribution in [3.63, 3.8) is 0 Å². The summed E-state index contributed by atoms with van der Waals surface area (Å²) in [6, 6.07) is 0.0996. The summed E-state index contributed by atoms with van der Waals surface area (Å²) >= 11 is 0.